The quantitative estimate of drug-likeness (QED) is 0.626. The van der Waals surface area contributed by atoms with Gasteiger partial charge in [0.25, 0.3) is 11.8 Å². The van der Waals surface area contributed by atoms with E-state index in [1.165, 1.54) is 7.11 Å². The van der Waals surface area contributed by atoms with Crippen molar-refractivity contribution in [2.45, 2.75) is 13.0 Å². The first-order valence-corrected chi connectivity index (χ1v) is 8.67. The van der Waals surface area contributed by atoms with Crippen LogP contribution in [0.5, 0.6) is 11.5 Å². The fraction of sp³-hybridized carbons (Fsp3) is 0.300. The van der Waals surface area contributed by atoms with Crippen molar-refractivity contribution in [1.29, 1.82) is 0 Å². The smallest absolute Gasteiger partial charge is 0.255 e. The number of ether oxygens (including phenoxy) is 2. The van der Waals surface area contributed by atoms with Gasteiger partial charge in [0, 0.05) is 18.7 Å². The fourth-order valence-corrected chi connectivity index (χ4v) is 2.59. The van der Waals surface area contributed by atoms with E-state index in [1.807, 2.05) is 30.3 Å². The summed E-state index contributed by atoms with van der Waals surface area (Å²) in [6.45, 7) is 1.27. The highest BCUT2D eigenvalue weighted by Crippen LogP contribution is 2.28. The van der Waals surface area contributed by atoms with E-state index in [9.17, 15) is 9.59 Å². The third kappa shape index (κ3) is 6.75. The molecule has 0 atom stereocenters. The van der Waals surface area contributed by atoms with Gasteiger partial charge in [-0.15, -0.1) is 12.4 Å². The van der Waals surface area contributed by atoms with Crippen LogP contribution in [-0.2, 0) is 11.3 Å². The van der Waals surface area contributed by atoms with Crippen LogP contribution in [0.1, 0.15) is 22.3 Å². The summed E-state index contributed by atoms with van der Waals surface area (Å²) in [7, 11) is 1.47. The highest BCUT2D eigenvalue weighted by atomic mass is 35.5. The topological polar surface area (TPSA) is 108 Å². The van der Waals surface area contributed by atoms with E-state index in [-0.39, 0.29) is 24.9 Å². The zero-order valence-corrected chi connectivity index (χ0v) is 16.6. The van der Waals surface area contributed by atoms with Crippen molar-refractivity contribution < 1.29 is 19.1 Å². The molecule has 0 bridgehead atoms. The van der Waals surface area contributed by atoms with Gasteiger partial charge in [0.2, 0.25) is 0 Å². The van der Waals surface area contributed by atoms with Gasteiger partial charge in [-0.3, -0.25) is 9.59 Å². The van der Waals surface area contributed by atoms with Gasteiger partial charge in [-0.2, -0.15) is 0 Å². The van der Waals surface area contributed by atoms with Crippen molar-refractivity contribution in [3.05, 3.63) is 59.7 Å². The average Bonchev–Trinajstić information content (AvgIpc) is 2.69. The van der Waals surface area contributed by atoms with Crippen LogP contribution in [-0.4, -0.2) is 43.5 Å². The Balaban J connectivity index is 0.00000392. The number of nitrogens with zero attached hydrogens (tertiary/aromatic N) is 1. The van der Waals surface area contributed by atoms with Gasteiger partial charge in [0.1, 0.15) is 0 Å². The molecule has 2 amide bonds. The highest BCUT2D eigenvalue weighted by molar-refractivity contribution is 5.95. The van der Waals surface area contributed by atoms with Crippen molar-refractivity contribution in [3.8, 4) is 11.5 Å². The van der Waals surface area contributed by atoms with Crippen molar-refractivity contribution in [2.75, 3.05) is 26.8 Å². The number of hydrogen-bond acceptors (Lipinski definition) is 5. The number of benzene rings is 2. The lowest BCUT2D eigenvalue weighted by atomic mass is 10.1. The van der Waals surface area contributed by atoms with Crippen LogP contribution in [0.25, 0.3) is 0 Å². The third-order valence-corrected chi connectivity index (χ3v) is 3.92. The number of halogens is 1. The molecule has 0 aromatic heterocycles. The van der Waals surface area contributed by atoms with E-state index in [4.69, 9.17) is 20.9 Å². The van der Waals surface area contributed by atoms with Crippen LogP contribution >= 0.6 is 12.4 Å². The molecule has 2 aromatic rings. The first-order valence-electron chi connectivity index (χ1n) is 8.67. The standard InChI is InChI=1S/C20H25N3O4.ClH/c1-26-18-12-16(8-9-17(18)27-14-19(22)24)20(25)23(11-5-10-21)13-15-6-3-2-4-7-15;/h2-4,6-9,12H,5,10-11,13-14,21H2,1H3,(H2,22,24);1H. The van der Waals surface area contributed by atoms with Crippen molar-refractivity contribution in [3.63, 3.8) is 0 Å². The van der Waals surface area contributed by atoms with Crippen molar-refractivity contribution in [2.24, 2.45) is 11.5 Å². The van der Waals surface area contributed by atoms with E-state index in [1.54, 1.807) is 23.1 Å². The van der Waals surface area contributed by atoms with Crippen LogP contribution in [0.2, 0.25) is 0 Å². The van der Waals surface area contributed by atoms with E-state index in [2.05, 4.69) is 0 Å². The molecule has 152 valence electrons. The first-order chi connectivity index (χ1) is 13.0. The second-order valence-corrected chi connectivity index (χ2v) is 5.98. The minimum Gasteiger partial charge on any atom is -0.493 e. The molecule has 0 aliphatic carbocycles. The lowest BCUT2D eigenvalue weighted by Gasteiger charge is -2.23. The molecule has 0 aliphatic heterocycles. The summed E-state index contributed by atoms with van der Waals surface area (Å²) in [5, 5.41) is 0. The molecule has 7 nitrogen and oxygen atoms in total. The maximum Gasteiger partial charge on any atom is 0.255 e. The summed E-state index contributed by atoms with van der Waals surface area (Å²) < 4.78 is 10.6. The molecule has 28 heavy (non-hydrogen) atoms. The molecule has 0 aliphatic rings. The largest absolute Gasteiger partial charge is 0.493 e. The number of carbonyl (C=O) groups excluding carboxylic acids is 2. The Morgan fingerprint density at radius 1 is 1.07 bits per heavy atom. The third-order valence-electron chi connectivity index (χ3n) is 3.92. The molecule has 0 unspecified atom stereocenters. The molecule has 2 rings (SSSR count). The Hall–Kier alpha value is -2.77. The number of methoxy groups -OCH3 is 1. The van der Waals surface area contributed by atoms with Crippen LogP contribution < -0.4 is 20.9 Å². The lowest BCUT2D eigenvalue weighted by molar-refractivity contribution is -0.119. The molecule has 2 aromatic carbocycles. The van der Waals surface area contributed by atoms with E-state index in [0.717, 1.165) is 5.56 Å². The SMILES string of the molecule is COc1cc(C(=O)N(CCCN)Cc2ccccc2)ccc1OCC(N)=O.Cl. The Kier molecular flexibility index (Phi) is 9.84. The predicted octanol–water partition coefficient (Wildman–Crippen LogP) is 1.97. The minimum atomic E-state index is -0.590. The molecule has 0 saturated carbocycles. The summed E-state index contributed by atoms with van der Waals surface area (Å²) in [6.07, 6.45) is 0.704. The first kappa shape index (κ1) is 23.3. The molecule has 0 heterocycles. The second-order valence-electron chi connectivity index (χ2n) is 5.98. The maximum atomic E-state index is 13.0. The predicted molar refractivity (Wildman–Crippen MR) is 110 cm³/mol. The number of hydrogen-bond donors (Lipinski definition) is 2. The summed E-state index contributed by atoms with van der Waals surface area (Å²) >= 11 is 0. The van der Waals surface area contributed by atoms with E-state index in [0.29, 0.717) is 43.1 Å². The summed E-state index contributed by atoms with van der Waals surface area (Å²) in [5.41, 5.74) is 12.2. The normalized spacial score (nSPS) is 9.93. The number of carbonyl (C=O) groups is 2. The molecule has 0 saturated heterocycles. The number of nitrogens with two attached hydrogens (primary N) is 2. The minimum absolute atomic E-state index is 0. The zero-order valence-electron chi connectivity index (χ0n) is 15.8. The number of rotatable bonds is 10. The van der Waals surface area contributed by atoms with Gasteiger partial charge in [-0.05, 0) is 36.7 Å². The Morgan fingerprint density at radius 2 is 1.79 bits per heavy atom. The molecule has 0 radical (unpaired) electrons. The van der Waals surface area contributed by atoms with Gasteiger partial charge >= 0.3 is 0 Å². The summed E-state index contributed by atoms with van der Waals surface area (Å²) in [6, 6.07) is 14.6. The Morgan fingerprint density at radius 3 is 2.39 bits per heavy atom. The molecule has 0 spiro atoms. The van der Waals surface area contributed by atoms with Crippen LogP contribution in [0, 0.1) is 0 Å². The highest BCUT2D eigenvalue weighted by Gasteiger charge is 2.18. The van der Waals surface area contributed by atoms with Gasteiger partial charge in [0.15, 0.2) is 18.1 Å². The van der Waals surface area contributed by atoms with Gasteiger partial charge in [-0.1, -0.05) is 30.3 Å². The van der Waals surface area contributed by atoms with Gasteiger partial charge < -0.3 is 25.8 Å². The summed E-state index contributed by atoms with van der Waals surface area (Å²) in [5.74, 6) is -0.00918. The van der Waals surface area contributed by atoms with Crippen molar-refractivity contribution in [1.82, 2.24) is 4.90 Å². The Labute approximate surface area is 171 Å². The van der Waals surface area contributed by atoms with Crippen LogP contribution in [0.4, 0.5) is 0 Å². The maximum absolute atomic E-state index is 13.0. The second kappa shape index (κ2) is 11.8. The van der Waals surface area contributed by atoms with Crippen LogP contribution in [0.3, 0.4) is 0 Å². The Bertz CT molecular complexity index is 771. The lowest BCUT2D eigenvalue weighted by Crippen LogP contribution is -2.32. The van der Waals surface area contributed by atoms with Gasteiger partial charge in [0.05, 0.1) is 7.11 Å². The molecular formula is C20H26ClN3O4. The monoisotopic (exact) mass is 407 g/mol. The number of amides is 2. The zero-order chi connectivity index (χ0) is 19.6. The van der Waals surface area contributed by atoms with E-state index < -0.39 is 5.91 Å². The molecular weight excluding hydrogens is 382 g/mol. The summed E-state index contributed by atoms with van der Waals surface area (Å²) in [4.78, 5) is 25.7. The van der Waals surface area contributed by atoms with Gasteiger partial charge in [-0.25, -0.2) is 0 Å². The molecule has 4 N–H and O–H groups in total. The fourth-order valence-electron chi connectivity index (χ4n) is 2.59. The number of primary amides is 1. The average molecular weight is 408 g/mol. The molecule has 0 fully saturated rings. The molecule has 8 heteroatoms. The van der Waals surface area contributed by atoms with E-state index >= 15 is 0 Å². The van der Waals surface area contributed by atoms with Crippen LogP contribution in [0.15, 0.2) is 48.5 Å². The van der Waals surface area contributed by atoms with Crippen molar-refractivity contribution >= 4 is 24.2 Å².